The smallest absolute Gasteiger partial charge is 0.0104 e. The van der Waals surface area contributed by atoms with Gasteiger partial charge in [-0.25, -0.2) is 0 Å². The standard InChI is InChI=1S/C19H28N2/c1-2-4-17(5-3-1)19(10-12-20-13-11-19)15-21(18-8-9-18)14-16-6-7-16/h1-5,16,18,20H,6-15H2. The molecule has 1 N–H and O–H groups in total. The number of nitrogens with zero attached hydrogens (tertiary/aromatic N) is 1. The molecule has 1 saturated heterocycles. The number of hydrogen-bond donors (Lipinski definition) is 1. The van der Waals surface area contributed by atoms with Crippen LogP contribution in [-0.2, 0) is 5.41 Å². The van der Waals surface area contributed by atoms with Gasteiger partial charge in [0, 0.05) is 24.5 Å². The molecular weight excluding hydrogens is 256 g/mol. The quantitative estimate of drug-likeness (QED) is 0.863. The average molecular weight is 284 g/mol. The van der Waals surface area contributed by atoms with Crippen LogP contribution in [0.5, 0.6) is 0 Å². The summed E-state index contributed by atoms with van der Waals surface area (Å²) in [5.74, 6) is 1.01. The van der Waals surface area contributed by atoms with E-state index in [2.05, 4.69) is 40.5 Å². The van der Waals surface area contributed by atoms with Crippen LogP contribution in [0, 0.1) is 5.92 Å². The molecule has 1 aromatic carbocycles. The molecule has 2 saturated carbocycles. The largest absolute Gasteiger partial charge is 0.317 e. The highest BCUT2D eigenvalue weighted by Gasteiger charge is 2.41. The van der Waals surface area contributed by atoms with Crippen molar-refractivity contribution in [3.63, 3.8) is 0 Å². The van der Waals surface area contributed by atoms with E-state index >= 15 is 0 Å². The molecule has 0 bridgehead atoms. The van der Waals surface area contributed by atoms with Crippen molar-refractivity contribution in [1.29, 1.82) is 0 Å². The minimum Gasteiger partial charge on any atom is -0.317 e. The van der Waals surface area contributed by atoms with Gasteiger partial charge in [0.1, 0.15) is 0 Å². The van der Waals surface area contributed by atoms with Gasteiger partial charge in [-0.3, -0.25) is 4.90 Å². The van der Waals surface area contributed by atoms with Crippen molar-refractivity contribution < 1.29 is 0 Å². The summed E-state index contributed by atoms with van der Waals surface area (Å²) >= 11 is 0. The first-order valence-corrected chi connectivity index (χ1v) is 8.86. The third-order valence-electron chi connectivity index (χ3n) is 5.71. The second-order valence-electron chi connectivity index (χ2n) is 7.50. The summed E-state index contributed by atoms with van der Waals surface area (Å²) in [7, 11) is 0. The monoisotopic (exact) mass is 284 g/mol. The van der Waals surface area contributed by atoms with Gasteiger partial charge in [-0.1, -0.05) is 30.3 Å². The molecule has 2 aliphatic carbocycles. The van der Waals surface area contributed by atoms with Gasteiger partial charge < -0.3 is 5.32 Å². The Labute approximate surface area is 128 Å². The second kappa shape index (κ2) is 5.73. The number of benzene rings is 1. The van der Waals surface area contributed by atoms with Crippen LogP contribution in [-0.4, -0.2) is 37.1 Å². The number of piperidine rings is 1. The maximum absolute atomic E-state index is 3.56. The summed E-state index contributed by atoms with van der Waals surface area (Å²) in [6.45, 7) is 5.01. The third kappa shape index (κ3) is 3.17. The SMILES string of the molecule is c1ccc(C2(CN(CC3CC3)C3CC3)CCNCC2)cc1. The van der Waals surface area contributed by atoms with E-state index < -0.39 is 0 Å². The van der Waals surface area contributed by atoms with Gasteiger partial charge in [-0.2, -0.15) is 0 Å². The van der Waals surface area contributed by atoms with E-state index in [9.17, 15) is 0 Å². The molecule has 2 heteroatoms. The molecule has 1 aromatic rings. The lowest BCUT2D eigenvalue weighted by Gasteiger charge is -2.42. The Hall–Kier alpha value is -0.860. The molecule has 21 heavy (non-hydrogen) atoms. The summed E-state index contributed by atoms with van der Waals surface area (Å²) < 4.78 is 0. The molecular formula is C19H28N2. The van der Waals surface area contributed by atoms with Crippen LogP contribution in [0.1, 0.15) is 44.1 Å². The van der Waals surface area contributed by atoms with Crippen LogP contribution in [0.15, 0.2) is 30.3 Å². The zero-order chi connectivity index (χ0) is 14.1. The second-order valence-corrected chi connectivity index (χ2v) is 7.50. The van der Waals surface area contributed by atoms with Gasteiger partial charge in [-0.15, -0.1) is 0 Å². The first kappa shape index (κ1) is 13.8. The van der Waals surface area contributed by atoms with Crippen molar-refractivity contribution in [3.05, 3.63) is 35.9 Å². The molecule has 0 aromatic heterocycles. The number of nitrogens with one attached hydrogen (secondary N) is 1. The number of rotatable bonds is 6. The van der Waals surface area contributed by atoms with Gasteiger partial charge in [0.25, 0.3) is 0 Å². The molecule has 0 atom stereocenters. The van der Waals surface area contributed by atoms with E-state index in [1.54, 1.807) is 5.56 Å². The van der Waals surface area contributed by atoms with Gasteiger partial charge in [-0.05, 0) is 63.1 Å². The fourth-order valence-electron chi connectivity index (χ4n) is 4.04. The van der Waals surface area contributed by atoms with Crippen molar-refractivity contribution >= 4 is 0 Å². The number of hydrogen-bond acceptors (Lipinski definition) is 2. The van der Waals surface area contributed by atoms with E-state index in [1.165, 1.54) is 64.7 Å². The predicted octanol–water partition coefficient (Wildman–Crippen LogP) is 3.18. The first-order valence-electron chi connectivity index (χ1n) is 8.86. The maximum atomic E-state index is 3.56. The van der Waals surface area contributed by atoms with Crippen LogP contribution in [0.2, 0.25) is 0 Å². The molecule has 4 rings (SSSR count). The van der Waals surface area contributed by atoms with Crippen molar-refractivity contribution in [2.45, 2.75) is 50.0 Å². The maximum Gasteiger partial charge on any atom is 0.0104 e. The molecule has 3 aliphatic rings. The third-order valence-corrected chi connectivity index (χ3v) is 5.71. The highest BCUT2D eigenvalue weighted by Crippen LogP contribution is 2.40. The summed E-state index contributed by atoms with van der Waals surface area (Å²) in [5.41, 5.74) is 1.97. The van der Waals surface area contributed by atoms with Crippen LogP contribution in [0.3, 0.4) is 0 Å². The zero-order valence-electron chi connectivity index (χ0n) is 13.1. The van der Waals surface area contributed by atoms with E-state index in [-0.39, 0.29) is 0 Å². The summed E-state index contributed by atoms with van der Waals surface area (Å²) in [5, 5.41) is 3.56. The molecule has 114 valence electrons. The Balaban J connectivity index is 1.56. The molecule has 0 amide bonds. The summed E-state index contributed by atoms with van der Waals surface area (Å²) in [6.07, 6.45) is 8.42. The molecule has 0 radical (unpaired) electrons. The lowest BCUT2D eigenvalue weighted by Crippen LogP contribution is -2.48. The molecule has 1 heterocycles. The minimum absolute atomic E-state index is 0.393. The highest BCUT2D eigenvalue weighted by atomic mass is 15.2. The first-order chi connectivity index (χ1) is 10.4. The Morgan fingerprint density at radius 1 is 1.00 bits per heavy atom. The normalized spacial score (nSPS) is 25.2. The minimum atomic E-state index is 0.393. The van der Waals surface area contributed by atoms with Crippen LogP contribution >= 0.6 is 0 Å². The Kier molecular flexibility index (Phi) is 3.76. The highest BCUT2D eigenvalue weighted by molar-refractivity contribution is 5.27. The molecule has 0 unspecified atom stereocenters. The van der Waals surface area contributed by atoms with Crippen molar-refractivity contribution in [3.8, 4) is 0 Å². The summed E-state index contributed by atoms with van der Waals surface area (Å²) in [6, 6.07) is 12.2. The van der Waals surface area contributed by atoms with Gasteiger partial charge >= 0.3 is 0 Å². The van der Waals surface area contributed by atoms with Gasteiger partial charge in [0.2, 0.25) is 0 Å². The van der Waals surface area contributed by atoms with Gasteiger partial charge in [0.15, 0.2) is 0 Å². The Bertz CT molecular complexity index is 456. The lowest BCUT2D eigenvalue weighted by molar-refractivity contribution is 0.161. The average Bonchev–Trinajstić information content (AvgIpc) is 3.41. The van der Waals surface area contributed by atoms with E-state index in [0.29, 0.717) is 5.41 Å². The van der Waals surface area contributed by atoms with E-state index in [4.69, 9.17) is 0 Å². The zero-order valence-corrected chi connectivity index (χ0v) is 13.1. The van der Waals surface area contributed by atoms with Crippen LogP contribution in [0.25, 0.3) is 0 Å². The topological polar surface area (TPSA) is 15.3 Å². The Morgan fingerprint density at radius 2 is 1.71 bits per heavy atom. The molecule has 3 fully saturated rings. The fraction of sp³-hybridized carbons (Fsp3) is 0.684. The molecule has 2 nitrogen and oxygen atoms in total. The Morgan fingerprint density at radius 3 is 2.33 bits per heavy atom. The molecule has 0 spiro atoms. The fourth-order valence-corrected chi connectivity index (χ4v) is 4.04. The summed E-state index contributed by atoms with van der Waals surface area (Å²) in [4.78, 5) is 2.86. The van der Waals surface area contributed by atoms with Crippen molar-refractivity contribution in [2.75, 3.05) is 26.2 Å². The van der Waals surface area contributed by atoms with Crippen molar-refractivity contribution in [1.82, 2.24) is 10.2 Å². The lowest BCUT2D eigenvalue weighted by atomic mass is 9.72. The predicted molar refractivity (Wildman–Crippen MR) is 87.5 cm³/mol. The van der Waals surface area contributed by atoms with E-state index in [1.807, 2.05) is 0 Å². The van der Waals surface area contributed by atoms with Crippen LogP contribution < -0.4 is 5.32 Å². The van der Waals surface area contributed by atoms with Crippen LogP contribution in [0.4, 0.5) is 0 Å². The van der Waals surface area contributed by atoms with Gasteiger partial charge in [0.05, 0.1) is 0 Å². The van der Waals surface area contributed by atoms with Crippen molar-refractivity contribution in [2.24, 2.45) is 5.92 Å². The van der Waals surface area contributed by atoms with E-state index in [0.717, 1.165) is 12.0 Å². The molecule has 1 aliphatic heterocycles.